The molecule has 0 fully saturated rings. The molecule has 0 aromatic rings. The minimum Gasteiger partial charge on any atom is -0.790 e. The van der Waals surface area contributed by atoms with E-state index < -0.39 is 7.82 Å². The van der Waals surface area contributed by atoms with Crippen molar-refractivity contribution in [3.63, 3.8) is 0 Å². The van der Waals surface area contributed by atoms with Crippen LogP contribution in [0.15, 0.2) is 0 Å². The van der Waals surface area contributed by atoms with E-state index in [1.807, 2.05) is 0 Å². The largest absolute Gasteiger partial charge is 1.00 e. The normalized spacial score (nSPS) is 10.3. The van der Waals surface area contributed by atoms with E-state index in [9.17, 15) is 14.4 Å². The zero-order valence-corrected chi connectivity index (χ0v) is 12.3. The van der Waals surface area contributed by atoms with Gasteiger partial charge in [-0.1, -0.05) is 13.8 Å². The van der Waals surface area contributed by atoms with E-state index in [0.717, 1.165) is 0 Å². The number of phosphoric acid groups is 1. The van der Waals surface area contributed by atoms with Crippen LogP contribution >= 0.6 is 7.82 Å². The Hall–Kier alpha value is 2.11. The molecule has 0 rings (SSSR count). The molecule has 0 aliphatic carbocycles. The van der Waals surface area contributed by atoms with Crippen molar-refractivity contribution in [1.29, 1.82) is 0 Å². The maximum Gasteiger partial charge on any atom is 1.00 e. The van der Waals surface area contributed by atoms with Crippen molar-refractivity contribution in [2.45, 2.75) is 13.8 Å². The summed E-state index contributed by atoms with van der Waals surface area (Å²) in [5, 5.41) is 0. The number of hydrogen-bond acceptors (Lipinski definition) is 4. The predicted molar refractivity (Wildman–Crippen MR) is 28.4 cm³/mol. The second kappa shape index (κ2) is 8.70. The van der Waals surface area contributed by atoms with Crippen molar-refractivity contribution in [3.8, 4) is 0 Å². The fraction of sp³-hybridized carbons (Fsp3) is 1.00. The van der Waals surface area contributed by atoms with Gasteiger partial charge in [0.25, 0.3) is 0 Å². The topological polar surface area (TPSA) is 72.4 Å². The molecule has 0 amide bonds. The van der Waals surface area contributed by atoms with Gasteiger partial charge in [-0.25, -0.2) is 0 Å². The van der Waals surface area contributed by atoms with Crippen LogP contribution in [0, 0.1) is 5.92 Å². The number of hydrogen-bond donors (Lipinski definition) is 0. The van der Waals surface area contributed by atoms with E-state index in [0.29, 0.717) is 0 Å². The van der Waals surface area contributed by atoms with Crippen molar-refractivity contribution < 1.29 is 78.0 Å². The van der Waals surface area contributed by atoms with Crippen LogP contribution in [-0.4, -0.2) is 6.61 Å². The van der Waals surface area contributed by atoms with Gasteiger partial charge in [-0.3, -0.25) is 0 Å². The minimum absolute atomic E-state index is 0. The maximum atomic E-state index is 9.79. The molecule has 0 atom stereocenters. The van der Waals surface area contributed by atoms with E-state index in [1.165, 1.54) is 0 Å². The molecule has 0 bridgehead atoms. The fourth-order valence-corrected chi connectivity index (χ4v) is 0.721. The van der Waals surface area contributed by atoms with Crippen LogP contribution < -0.4 is 68.9 Å². The van der Waals surface area contributed by atoms with Crippen LogP contribution in [0.4, 0.5) is 0 Å². The van der Waals surface area contributed by atoms with E-state index in [1.54, 1.807) is 13.8 Å². The summed E-state index contributed by atoms with van der Waals surface area (Å²) in [6.07, 6.45) is 0. The Bertz CT molecular complexity index is 123. The molecule has 56 valence electrons. The zero-order chi connectivity index (χ0) is 7.49. The van der Waals surface area contributed by atoms with Gasteiger partial charge in [0.15, 0.2) is 0 Å². The van der Waals surface area contributed by atoms with E-state index in [4.69, 9.17) is 0 Å². The predicted octanol–water partition coefficient (Wildman–Crippen LogP) is -6.50. The van der Waals surface area contributed by atoms with Crippen molar-refractivity contribution in [3.05, 3.63) is 0 Å². The molecule has 0 radical (unpaired) electrons. The Morgan fingerprint density at radius 2 is 1.73 bits per heavy atom. The summed E-state index contributed by atoms with van der Waals surface area (Å²) in [5.74, 6) is 0.0706. The van der Waals surface area contributed by atoms with Crippen molar-refractivity contribution in [2.75, 3.05) is 6.61 Å². The zero-order valence-electron chi connectivity index (χ0n) is 7.36. The monoisotopic (exact) mass is 198 g/mol. The third-order valence-corrected chi connectivity index (χ3v) is 1.03. The molecule has 4 nitrogen and oxygen atoms in total. The molecule has 0 aromatic heterocycles. The van der Waals surface area contributed by atoms with Gasteiger partial charge in [0.05, 0.1) is 14.4 Å². The molecular formula is C4H9Na2O4P. The Kier molecular flexibility index (Phi) is 14.9. The Balaban J connectivity index is -0.000000320. The summed E-state index contributed by atoms with van der Waals surface area (Å²) in [5.41, 5.74) is 0. The fourth-order valence-electron chi connectivity index (χ4n) is 0.240. The summed E-state index contributed by atoms with van der Waals surface area (Å²) in [7, 11) is -4.72. The van der Waals surface area contributed by atoms with E-state index >= 15 is 0 Å². The second-order valence-electron chi connectivity index (χ2n) is 2.14. The van der Waals surface area contributed by atoms with Crippen LogP contribution in [0.25, 0.3) is 0 Å². The van der Waals surface area contributed by atoms with Gasteiger partial charge >= 0.3 is 59.1 Å². The van der Waals surface area contributed by atoms with Crippen LogP contribution in [-0.2, 0) is 9.09 Å². The summed E-state index contributed by atoms with van der Waals surface area (Å²) < 4.78 is 13.7. The first-order valence-electron chi connectivity index (χ1n) is 2.58. The molecule has 0 unspecified atom stereocenters. The Morgan fingerprint density at radius 1 is 1.36 bits per heavy atom. The SMILES string of the molecule is CC(C)COP(=O)([O-])[O-].[Na+].[Na+]. The first kappa shape index (κ1) is 18.8. The molecule has 7 heteroatoms. The van der Waals surface area contributed by atoms with Crippen LogP contribution in [0.1, 0.15) is 13.8 Å². The van der Waals surface area contributed by atoms with Gasteiger partial charge in [0.2, 0.25) is 0 Å². The van der Waals surface area contributed by atoms with Gasteiger partial charge in [-0.15, -0.1) is 0 Å². The molecular weight excluding hydrogens is 189 g/mol. The van der Waals surface area contributed by atoms with Crippen molar-refractivity contribution >= 4 is 7.82 Å². The van der Waals surface area contributed by atoms with Gasteiger partial charge < -0.3 is 18.9 Å². The number of rotatable bonds is 3. The van der Waals surface area contributed by atoms with Gasteiger partial charge in [-0.2, -0.15) is 0 Å². The maximum absolute atomic E-state index is 9.79. The average molecular weight is 198 g/mol. The summed E-state index contributed by atoms with van der Waals surface area (Å²) in [4.78, 5) is 19.6. The quantitative estimate of drug-likeness (QED) is 0.334. The van der Waals surface area contributed by atoms with Crippen LogP contribution in [0.3, 0.4) is 0 Å². The van der Waals surface area contributed by atoms with Gasteiger partial charge in [-0.05, 0) is 5.92 Å². The Labute approximate surface area is 111 Å². The molecule has 11 heavy (non-hydrogen) atoms. The third-order valence-electron chi connectivity index (χ3n) is 0.566. The second-order valence-corrected chi connectivity index (χ2v) is 3.29. The van der Waals surface area contributed by atoms with E-state index in [2.05, 4.69) is 4.52 Å². The molecule has 0 heterocycles. The van der Waals surface area contributed by atoms with Crippen molar-refractivity contribution in [2.24, 2.45) is 5.92 Å². The molecule has 0 N–H and O–H groups in total. The van der Waals surface area contributed by atoms with Gasteiger partial charge in [0, 0.05) is 0 Å². The molecule has 0 aliphatic heterocycles. The van der Waals surface area contributed by atoms with Crippen LogP contribution in [0.2, 0.25) is 0 Å². The smallest absolute Gasteiger partial charge is 0.790 e. The number of phosphoric ester groups is 1. The molecule has 0 aliphatic rings. The molecule has 0 aromatic carbocycles. The minimum atomic E-state index is -4.72. The van der Waals surface area contributed by atoms with Crippen molar-refractivity contribution in [1.82, 2.24) is 0 Å². The summed E-state index contributed by atoms with van der Waals surface area (Å²) in [6, 6.07) is 0. The summed E-state index contributed by atoms with van der Waals surface area (Å²) in [6.45, 7) is 3.50. The molecule has 0 saturated heterocycles. The van der Waals surface area contributed by atoms with Crippen LogP contribution in [0.5, 0.6) is 0 Å². The molecule has 0 spiro atoms. The Morgan fingerprint density at radius 3 is 1.82 bits per heavy atom. The standard InChI is InChI=1S/C4H11O4P.2Na/c1-4(2)3-8-9(5,6)7;;/h4H,3H2,1-2H3,(H2,5,6,7);;/q;2*+1/p-2. The average Bonchev–Trinajstić information content (AvgIpc) is 1.59. The third kappa shape index (κ3) is 18.8. The van der Waals surface area contributed by atoms with Gasteiger partial charge in [0.1, 0.15) is 0 Å². The first-order chi connectivity index (χ1) is 3.92. The first-order valence-corrected chi connectivity index (χ1v) is 4.04. The summed E-state index contributed by atoms with van der Waals surface area (Å²) >= 11 is 0. The van der Waals surface area contributed by atoms with E-state index in [-0.39, 0.29) is 71.6 Å². The molecule has 0 saturated carbocycles.